The van der Waals surface area contributed by atoms with Gasteiger partial charge in [-0.2, -0.15) is 0 Å². The molecule has 0 bridgehead atoms. The first-order valence-electron chi connectivity index (χ1n) is 9.73. The number of Topliss-reactive ketones (excluding diaryl/α,β-unsaturated/α-hetero) is 1. The van der Waals surface area contributed by atoms with Gasteiger partial charge in [-0.25, -0.2) is 20.2 Å². The Labute approximate surface area is 183 Å². The first-order valence-corrected chi connectivity index (χ1v) is 10.5. The van der Waals surface area contributed by atoms with E-state index in [1.165, 1.54) is 18.3 Å². The van der Waals surface area contributed by atoms with Crippen LogP contribution in [0.15, 0.2) is 22.9 Å². The summed E-state index contributed by atoms with van der Waals surface area (Å²) in [6, 6.07) is 2.88. The molecule has 1 aromatic heterocycles. The molecule has 0 spiro atoms. The number of hydrogen-bond acceptors (Lipinski definition) is 7. The van der Waals surface area contributed by atoms with Crippen LogP contribution in [-0.2, 0) is 19.1 Å². The van der Waals surface area contributed by atoms with Gasteiger partial charge in [0.05, 0.1) is 18.9 Å². The van der Waals surface area contributed by atoms with Crippen LogP contribution in [0.1, 0.15) is 49.9 Å². The number of aromatic nitrogens is 1. The number of methoxy groups -OCH3 is 1. The lowest BCUT2D eigenvalue weighted by molar-refractivity contribution is -0.158. The lowest BCUT2D eigenvalue weighted by Gasteiger charge is -2.35. The van der Waals surface area contributed by atoms with Gasteiger partial charge in [0.25, 0.3) is 0 Å². The Balaban J connectivity index is 2.05. The highest BCUT2D eigenvalue weighted by Crippen LogP contribution is 2.32. The molecule has 1 aliphatic rings. The molecule has 0 aromatic carbocycles. The summed E-state index contributed by atoms with van der Waals surface area (Å²) in [6.07, 6.45) is 3.17. The van der Waals surface area contributed by atoms with Crippen molar-refractivity contribution in [3.05, 3.63) is 28.5 Å². The van der Waals surface area contributed by atoms with E-state index in [0.29, 0.717) is 23.0 Å². The molecule has 0 saturated heterocycles. The summed E-state index contributed by atoms with van der Waals surface area (Å²) in [5.74, 6) is -2.66. The number of pyridine rings is 1. The average Bonchev–Trinajstić information content (AvgIpc) is 2.75. The molecule has 1 heterocycles. The van der Waals surface area contributed by atoms with Crippen LogP contribution in [0.25, 0.3) is 0 Å². The molecule has 1 aromatic rings. The third-order valence-corrected chi connectivity index (χ3v) is 5.40. The molecule has 0 radical (unpaired) electrons. The monoisotopic (exact) mass is 483 g/mol. The fourth-order valence-corrected chi connectivity index (χ4v) is 3.57. The summed E-state index contributed by atoms with van der Waals surface area (Å²) in [5, 5.41) is 1.18. The van der Waals surface area contributed by atoms with Crippen LogP contribution >= 0.6 is 15.9 Å². The number of hydrazine groups is 1. The van der Waals surface area contributed by atoms with E-state index in [1.54, 1.807) is 26.0 Å². The smallest absolute Gasteiger partial charge is 0.425 e. The van der Waals surface area contributed by atoms with Crippen molar-refractivity contribution in [1.29, 1.82) is 0 Å². The fraction of sp³-hybridized carbons (Fsp3) is 0.550. The van der Waals surface area contributed by atoms with E-state index >= 15 is 0 Å². The summed E-state index contributed by atoms with van der Waals surface area (Å²) in [6.45, 7) is 3.07. The highest BCUT2D eigenvalue weighted by Gasteiger charge is 2.40. The van der Waals surface area contributed by atoms with Crippen molar-refractivity contribution in [2.45, 2.75) is 45.6 Å². The first-order chi connectivity index (χ1) is 14.2. The number of nitrogens with zero attached hydrogens (tertiary/aromatic N) is 2. The van der Waals surface area contributed by atoms with Crippen LogP contribution in [0.5, 0.6) is 0 Å². The molecule has 1 saturated carbocycles. The van der Waals surface area contributed by atoms with Crippen molar-refractivity contribution in [1.82, 2.24) is 15.4 Å². The van der Waals surface area contributed by atoms with E-state index in [9.17, 15) is 19.2 Å². The number of halogens is 1. The van der Waals surface area contributed by atoms with Crippen LogP contribution in [-0.4, -0.2) is 53.5 Å². The predicted molar refractivity (Wildman–Crippen MR) is 110 cm³/mol. The van der Waals surface area contributed by atoms with E-state index in [-0.39, 0.29) is 17.7 Å². The van der Waals surface area contributed by atoms with Gasteiger partial charge >= 0.3 is 12.1 Å². The summed E-state index contributed by atoms with van der Waals surface area (Å²) in [4.78, 5) is 53.6. The second-order valence-electron chi connectivity index (χ2n) is 7.30. The molecule has 164 valence electrons. The molecule has 0 aliphatic heterocycles. The molecule has 0 unspecified atom stereocenters. The van der Waals surface area contributed by atoms with Gasteiger partial charge in [-0.1, -0.05) is 12.8 Å². The number of carbonyl (C=O) groups is 4. The number of ketones is 1. The zero-order chi connectivity index (χ0) is 22.3. The number of hydrogen-bond donors (Lipinski definition) is 1. The average molecular weight is 484 g/mol. The normalized spacial score (nSPS) is 18.4. The zero-order valence-corrected chi connectivity index (χ0v) is 18.8. The molecule has 2 rings (SSSR count). The van der Waals surface area contributed by atoms with Crippen molar-refractivity contribution in [2.75, 3.05) is 13.7 Å². The quantitative estimate of drug-likeness (QED) is 0.286. The largest absolute Gasteiger partial charge is 0.457 e. The summed E-state index contributed by atoms with van der Waals surface area (Å²) < 4.78 is 10.4. The Bertz CT molecular complexity index is 783. The predicted octanol–water partition coefficient (Wildman–Crippen LogP) is 2.88. The summed E-state index contributed by atoms with van der Waals surface area (Å²) in [7, 11) is 1.21. The molecular formula is C20H26BrN3O6. The number of rotatable bonds is 6. The van der Waals surface area contributed by atoms with Gasteiger partial charge < -0.3 is 9.47 Å². The second kappa shape index (κ2) is 11.1. The van der Waals surface area contributed by atoms with E-state index in [4.69, 9.17) is 4.74 Å². The van der Waals surface area contributed by atoms with Gasteiger partial charge in [-0.15, -0.1) is 0 Å². The molecule has 2 atom stereocenters. The van der Waals surface area contributed by atoms with E-state index in [2.05, 4.69) is 31.1 Å². The van der Waals surface area contributed by atoms with E-state index in [0.717, 1.165) is 12.8 Å². The van der Waals surface area contributed by atoms with Crippen LogP contribution in [0.3, 0.4) is 0 Å². The summed E-state index contributed by atoms with van der Waals surface area (Å²) >= 11 is 3.19. The van der Waals surface area contributed by atoms with Crippen molar-refractivity contribution < 1.29 is 28.7 Å². The van der Waals surface area contributed by atoms with E-state index < -0.39 is 30.5 Å². The molecule has 1 aliphatic carbocycles. The van der Waals surface area contributed by atoms with Crippen LogP contribution in [0.2, 0.25) is 0 Å². The van der Waals surface area contributed by atoms with Crippen molar-refractivity contribution >= 4 is 39.7 Å². The SMILES string of the molecule is COC(=O)NN(C(=O)[C@@H]1CCCC[C@@H]1C(=O)OCC(=O)c1ccc(Br)nc1)C(C)C. The molecule has 10 heteroatoms. The number of ether oxygens (including phenoxy) is 2. The molecular weight excluding hydrogens is 458 g/mol. The van der Waals surface area contributed by atoms with Gasteiger partial charge in [0.1, 0.15) is 4.60 Å². The lowest BCUT2D eigenvalue weighted by atomic mass is 9.78. The second-order valence-corrected chi connectivity index (χ2v) is 8.12. The Morgan fingerprint density at radius 2 is 1.87 bits per heavy atom. The number of nitrogens with one attached hydrogen (secondary N) is 1. The van der Waals surface area contributed by atoms with E-state index in [1.807, 2.05) is 0 Å². The minimum Gasteiger partial charge on any atom is -0.457 e. The standard InChI is InChI=1S/C20H26BrN3O6/c1-12(2)24(23-20(28)29-3)18(26)14-6-4-5-7-15(14)19(27)30-11-16(25)13-8-9-17(21)22-10-13/h8-10,12,14-15H,4-7,11H2,1-3H3,(H,23,28)/t14-,15+/m1/s1. The molecule has 30 heavy (non-hydrogen) atoms. The van der Waals surface area contributed by atoms with Crippen LogP contribution in [0.4, 0.5) is 4.79 Å². The Morgan fingerprint density at radius 1 is 1.20 bits per heavy atom. The van der Waals surface area contributed by atoms with Crippen molar-refractivity contribution in [3.8, 4) is 0 Å². The summed E-state index contributed by atoms with van der Waals surface area (Å²) in [5.41, 5.74) is 2.73. The number of carbonyl (C=O) groups excluding carboxylic acids is 4. The van der Waals surface area contributed by atoms with Crippen molar-refractivity contribution in [2.24, 2.45) is 11.8 Å². The lowest BCUT2D eigenvalue weighted by Crippen LogP contribution is -2.54. The third kappa shape index (κ3) is 6.25. The van der Waals surface area contributed by atoms with Gasteiger partial charge in [-0.3, -0.25) is 14.4 Å². The number of amides is 2. The Hall–Kier alpha value is -2.49. The zero-order valence-electron chi connectivity index (χ0n) is 17.2. The van der Waals surface area contributed by atoms with Crippen molar-refractivity contribution in [3.63, 3.8) is 0 Å². The van der Waals surface area contributed by atoms with Gasteiger partial charge in [0.2, 0.25) is 11.7 Å². The Kier molecular flexibility index (Phi) is 8.76. The molecule has 1 N–H and O–H groups in total. The highest BCUT2D eigenvalue weighted by molar-refractivity contribution is 9.10. The molecule has 2 amide bonds. The maximum absolute atomic E-state index is 13.1. The minimum absolute atomic E-state index is 0.329. The van der Waals surface area contributed by atoms with Gasteiger partial charge in [0.15, 0.2) is 6.61 Å². The third-order valence-electron chi connectivity index (χ3n) is 4.93. The molecule has 1 fully saturated rings. The highest BCUT2D eigenvalue weighted by atomic mass is 79.9. The number of esters is 1. The van der Waals surface area contributed by atoms with Crippen LogP contribution < -0.4 is 5.43 Å². The fourth-order valence-electron chi connectivity index (χ4n) is 3.34. The van der Waals surface area contributed by atoms with Gasteiger partial charge in [0, 0.05) is 17.8 Å². The van der Waals surface area contributed by atoms with Gasteiger partial charge in [-0.05, 0) is 54.8 Å². The Morgan fingerprint density at radius 3 is 2.43 bits per heavy atom. The topological polar surface area (TPSA) is 115 Å². The maximum Gasteiger partial charge on any atom is 0.425 e. The maximum atomic E-state index is 13.1. The molecule has 9 nitrogen and oxygen atoms in total. The minimum atomic E-state index is -0.763. The van der Waals surface area contributed by atoms with Crippen LogP contribution in [0, 0.1) is 11.8 Å². The first kappa shape index (κ1) is 23.8.